The summed E-state index contributed by atoms with van der Waals surface area (Å²) in [5.74, 6) is 2.71. The van der Waals surface area contributed by atoms with Crippen molar-refractivity contribution in [2.24, 2.45) is 0 Å². The van der Waals surface area contributed by atoms with E-state index >= 15 is 0 Å². The van der Waals surface area contributed by atoms with Crippen molar-refractivity contribution in [3.63, 3.8) is 0 Å². The van der Waals surface area contributed by atoms with Crippen molar-refractivity contribution >= 4 is 23.5 Å². The lowest BCUT2D eigenvalue weighted by molar-refractivity contribution is 0.905. The Bertz CT molecular complexity index is 134. The van der Waals surface area contributed by atoms with Gasteiger partial charge in [0.05, 0.1) is 4.08 Å². The Morgan fingerprint density at radius 2 is 2.00 bits per heavy atom. The van der Waals surface area contributed by atoms with Crippen LogP contribution >= 0.6 is 23.5 Å². The predicted octanol–water partition coefficient (Wildman–Crippen LogP) is 2.51. The number of thioether (sulfide) groups is 2. The molecule has 0 amide bonds. The first kappa shape index (κ1) is 6.17. The molecular weight excluding hydrogens is 148 g/mol. The summed E-state index contributed by atoms with van der Waals surface area (Å²) in [4.78, 5) is 0. The summed E-state index contributed by atoms with van der Waals surface area (Å²) < 4.78 is 0.542. The van der Waals surface area contributed by atoms with Crippen LogP contribution in [0.5, 0.6) is 0 Å². The molecule has 2 aliphatic rings. The van der Waals surface area contributed by atoms with Gasteiger partial charge in [-0.1, -0.05) is 12.2 Å². The molecule has 1 aliphatic carbocycles. The number of rotatable bonds is 0. The predicted molar refractivity (Wildman–Crippen MR) is 46.0 cm³/mol. The second kappa shape index (κ2) is 2.24. The molecule has 2 rings (SSSR count). The van der Waals surface area contributed by atoms with Crippen LogP contribution in [-0.4, -0.2) is 15.6 Å². The Hall–Kier alpha value is 0.440. The van der Waals surface area contributed by atoms with Crippen molar-refractivity contribution in [1.82, 2.24) is 0 Å². The third kappa shape index (κ3) is 1.03. The summed E-state index contributed by atoms with van der Waals surface area (Å²) in [6.07, 6.45) is 7.41. The molecule has 0 radical (unpaired) electrons. The SMILES string of the molecule is C1=CC2(CC1)SCCS2. The highest BCUT2D eigenvalue weighted by atomic mass is 32.2. The van der Waals surface area contributed by atoms with Gasteiger partial charge < -0.3 is 0 Å². The van der Waals surface area contributed by atoms with Crippen molar-refractivity contribution in [1.29, 1.82) is 0 Å². The van der Waals surface area contributed by atoms with E-state index in [1.54, 1.807) is 0 Å². The average Bonchev–Trinajstić information content (AvgIpc) is 2.45. The van der Waals surface area contributed by atoms with Gasteiger partial charge in [0.2, 0.25) is 0 Å². The van der Waals surface area contributed by atoms with E-state index in [1.807, 2.05) is 0 Å². The molecule has 0 aromatic heterocycles. The van der Waals surface area contributed by atoms with E-state index in [4.69, 9.17) is 0 Å². The zero-order chi connectivity index (χ0) is 6.16. The standard InChI is InChI=1S/C7H10S2/c1-2-4-7(3-1)8-5-6-9-7/h1,3H,2,4-6H2. The van der Waals surface area contributed by atoms with E-state index < -0.39 is 0 Å². The summed E-state index contributed by atoms with van der Waals surface area (Å²) in [7, 11) is 0. The molecule has 0 saturated carbocycles. The van der Waals surface area contributed by atoms with Crippen LogP contribution in [0, 0.1) is 0 Å². The van der Waals surface area contributed by atoms with Crippen LogP contribution in [0.15, 0.2) is 12.2 Å². The molecule has 1 spiro atoms. The van der Waals surface area contributed by atoms with E-state index in [9.17, 15) is 0 Å². The molecule has 0 atom stereocenters. The third-order valence-corrected chi connectivity index (χ3v) is 5.25. The van der Waals surface area contributed by atoms with E-state index in [1.165, 1.54) is 24.3 Å². The third-order valence-electron chi connectivity index (χ3n) is 1.81. The molecule has 0 bridgehead atoms. The Morgan fingerprint density at radius 3 is 2.56 bits per heavy atom. The van der Waals surface area contributed by atoms with Gasteiger partial charge in [-0.05, 0) is 12.8 Å². The van der Waals surface area contributed by atoms with Crippen LogP contribution in [0.4, 0.5) is 0 Å². The van der Waals surface area contributed by atoms with E-state index in [0.29, 0.717) is 4.08 Å². The second-order valence-electron chi connectivity index (χ2n) is 2.45. The molecule has 9 heavy (non-hydrogen) atoms. The molecule has 0 nitrogen and oxygen atoms in total. The lowest BCUT2D eigenvalue weighted by atomic mass is 10.3. The highest BCUT2D eigenvalue weighted by Gasteiger charge is 2.34. The van der Waals surface area contributed by atoms with Crippen molar-refractivity contribution in [3.8, 4) is 0 Å². The van der Waals surface area contributed by atoms with E-state index in [2.05, 4.69) is 35.7 Å². The number of allylic oxidation sites excluding steroid dienone is 1. The first-order valence-corrected chi connectivity index (χ1v) is 5.34. The maximum absolute atomic E-state index is 2.40. The van der Waals surface area contributed by atoms with Gasteiger partial charge in [0, 0.05) is 11.5 Å². The van der Waals surface area contributed by atoms with Crippen LogP contribution in [0.3, 0.4) is 0 Å². The van der Waals surface area contributed by atoms with Gasteiger partial charge in [-0.15, -0.1) is 23.5 Å². The van der Waals surface area contributed by atoms with Crippen molar-refractivity contribution in [3.05, 3.63) is 12.2 Å². The van der Waals surface area contributed by atoms with Gasteiger partial charge in [-0.3, -0.25) is 0 Å². The fourth-order valence-corrected chi connectivity index (χ4v) is 4.44. The van der Waals surface area contributed by atoms with Crippen LogP contribution in [0.2, 0.25) is 0 Å². The molecule has 0 unspecified atom stereocenters. The van der Waals surface area contributed by atoms with E-state index in [0.717, 1.165) is 0 Å². The summed E-state index contributed by atoms with van der Waals surface area (Å²) in [5.41, 5.74) is 0. The van der Waals surface area contributed by atoms with Crippen LogP contribution < -0.4 is 0 Å². The Kier molecular flexibility index (Phi) is 1.54. The van der Waals surface area contributed by atoms with Crippen molar-refractivity contribution in [2.45, 2.75) is 16.9 Å². The fourth-order valence-electron chi connectivity index (χ4n) is 1.34. The monoisotopic (exact) mass is 158 g/mol. The molecule has 1 heterocycles. The topological polar surface area (TPSA) is 0 Å². The molecule has 1 fully saturated rings. The second-order valence-corrected chi connectivity index (χ2v) is 5.56. The first-order valence-electron chi connectivity index (χ1n) is 3.37. The summed E-state index contributed by atoms with van der Waals surface area (Å²) >= 11 is 4.26. The van der Waals surface area contributed by atoms with Gasteiger partial charge in [0.1, 0.15) is 0 Å². The normalized spacial score (nSPS) is 30.2. The lowest BCUT2D eigenvalue weighted by Crippen LogP contribution is -2.07. The summed E-state index contributed by atoms with van der Waals surface area (Å²) in [5, 5.41) is 0. The molecule has 1 saturated heterocycles. The summed E-state index contributed by atoms with van der Waals surface area (Å²) in [6, 6.07) is 0. The van der Waals surface area contributed by atoms with Gasteiger partial charge in [0.15, 0.2) is 0 Å². The molecular formula is C7H10S2. The minimum Gasteiger partial charge on any atom is -0.139 e. The minimum absolute atomic E-state index is 0.542. The molecule has 50 valence electrons. The van der Waals surface area contributed by atoms with Gasteiger partial charge >= 0.3 is 0 Å². The van der Waals surface area contributed by atoms with Gasteiger partial charge in [0.25, 0.3) is 0 Å². The van der Waals surface area contributed by atoms with Crippen molar-refractivity contribution in [2.75, 3.05) is 11.5 Å². The number of hydrogen-bond acceptors (Lipinski definition) is 2. The van der Waals surface area contributed by atoms with E-state index in [-0.39, 0.29) is 0 Å². The molecule has 1 aliphatic heterocycles. The van der Waals surface area contributed by atoms with Crippen LogP contribution in [-0.2, 0) is 0 Å². The average molecular weight is 158 g/mol. The van der Waals surface area contributed by atoms with Crippen LogP contribution in [0.1, 0.15) is 12.8 Å². The Morgan fingerprint density at radius 1 is 1.22 bits per heavy atom. The lowest BCUT2D eigenvalue weighted by Gasteiger charge is -2.16. The van der Waals surface area contributed by atoms with Crippen molar-refractivity contribution < 1.29 is 0 Å². The quantitative estimate of drug-likeness (QED) is 0.497. The Balaban J connectivity index is 2.13. The molecule has 0 aromatic rings. The number of hydrogen-bond donors (Lipinski definition) is 0. The summed E-state index contributed by atoms with van der Waals surface area (Å²) in [6.45, 7) is 0. The molecule has 2 heteroatoms. The zero-order valence-corrected chi connectivity index (χ0v) is 6.93. The van der Waals surface area contributed by atoms with Gasteiger partial charge in [-0.2, -0.15) is 0 Å². The van der Waals surface area contributed by atoms with Gasteiger partial charge in [-0.25, -0.2) is 0 Å². The zero-order valence-electron chi connectivity index (χ0n) is 5.30. The highest BCUT2D eigenvalue weighted by Crippen LogP contribution is 2.50. The highest BCUT2D eigenvalue weighted by molar-refractivity contribution is 8.21. The Labute approximate surface area is 64.5 Å². The van der Waals surface area contributed by atoms with Crippen LogP contribution in [0.25, 0.3) is 0 Å². The maximum atomic E-state index is 2.40. The molecule has 0 N–H and O–H groups in total. The first-order chi connectivity index (χ1) is 4.41. The molecule has 0 aromatic carbocycles. The fraction of sp³-hybridized carbons (Fsp3) is 0.714. The maximum Gasteiger partial charge on any atom is 0.0794 e. The largest absolute Gasteiger partial charge is 0.139 e. The smallest absolute Gasteiger partial charge is 0.0794 e. The minimum atomic E-state index is 0.542.